The molecule has 0 aliphatic carbocycles. The summed E-state index contributed by atoms with van der Waals surface area (Å²) >= 11 is 0. The van der Waals surface area contributed by atoms with Crippen molar-refractivity contribution in [3.8, 4) is 0 Å². The molecule has 5 nitrogen and oxygen atoms in total. The third kappa shape index (κ3) is 2.45. The summed E-state index contributed by atoms with van der Waals surface area (Å²) in [5.74, 6) is -0.274. The van der Waals surface area contributed by atoms with Gasteiger partial charge in [-0.15, -0.1) is 0 Å². The Bertz CT molecular complexity index is 554. The van der Waals surface area contributed by atoms with Gasteiger partial charge in [0.2, 0.25) is 0 Å². The molecule has 0 aliphatic rings. The van der Waals surface area contributed by atoms with E-state index in [-0.39, 0.29) is 5.97 Å². The van der Waals surface area contributed by atoms with Crippen LogP contribution >= 0.6 is 0 Å². The normalized spacial score (nSPS) is 10.6. The van der Waals surface area contributed by atoms with E-state index in [2.05, 4.69) is 5.10 Å². The summed E-state index contributed by atoms with van der Waals surface area (Å²) in [6.45, 7) is 4.72. The van der Waals surface area contributed by atoms with Gasteiger partial charge in [0.1, 0.15) is 5.69 Å². The fourth-order valence-corrected chi connectivity index (χ4v) is 1.94. The molecule has 0 N–H and O–H groups in total. The highest BCUT2D eigenvalue weighted by Crippen LogP contribution is 2.13. The van der Waals surface area contributed by atoms with Crippen LogP contribution in [-0.2, 0) is 18.3 Å². The van der Waals surface area contributed by atoms with Crippen molar-refractivity contribution in [1.82, 2.24) is 14.3 Å². The van der Waals surface area contributed by atoms with Crippen molar-refractivity contribution in [2.24, 2.45) is 7.05 Å². The van der Waals surface area contributed by atoms with Crippen molar-refractivity contribution in [3.05, 3.63) is 41.5 Å². The monoisotopic (exact) mass is 247 g/mol. The highest BCUT2D eigenvalue weighted by atomic mass is 16.5. The second kappa shape index (κ2) is 5.08. The van der Waals surface area contributed by atoms with Gasteiger partial charge in [0.15, 0.2) is 0 Å². The number of aryl methyl sites for hydroxylation is 2. The number of esters is 1. The van der Waals surface area contributed by atoms with Crippen LogP contribution in [0, 0.1) is 6.92 Å². The lowest BCUT2D eigenvalue weighted by atomic mass is 10.2. The molecule has 0 saturated heterocycles. The summed E-state index contributed by atoms with van der Waals surface area (Å²) in [6, 6.07) is 1.92. The zero-order valence-corrected chi connectivity index (χ0v) is 10.9. The summed E-state index contributed by atoms with van der Waals surface area (Å²) in [5, 5.41) is 4.12. The van der Waals surface area contributed by atoms with Crippen LogP contribution in [0.2, 0.25) is 0 Å². The second-order valence-corrected chi connectivity index (χ2v) is 4.22. The largest absolute Gasteiger partial charge is 0.461 e. The van der Waals surface area contributed by atoms with E-state index in [4.69, 9.17) is 4.74 Å². The Labute approximate surface area is 106 Å². The fourth-order valence-electron chi connectivity index (χ4n) is 1.94. The van der Waals surface area contributed by atoms with Crippen LogP contribution in [0.25, 0.3) is 0 Å². The summed E-state index contributed by atoms with van der Waals surface area (Å²) in [4.78, 5) is 11.9. The molecule has 2 aromatic rings. The molecular weight excluding hydrogens is 230 g/mol. The highest BCUT2D eigenvalue weighted by molar-refractivity contribution is 5.89. The van der Waals surface area contributed by atoms with E-state index in [0.717, 1.165) is 11.1 Å². The van der Waals surface area contributed by atoms with E-state index in [0.29, 0.717) is 18.8 Å². The summed E-state index contributed by atoms with van der Waals surface area (Å²) in [7, 11) is 1.87. The van der Waals surface area contributed by atoms with Crippen molar-refractivity contribution in [1.29, 1.82) is 0 Å². The first kappa shape index (κ1) is 12.4. The SMILES string of the molecule is CCOC(=O)c1c(C)ccn1Cc1cnn(C)c1. The third-order valence-corrected chi connectivity index (χ3v) is 2.75. The van der Waals surface area contributed by atoms with Gasteiger partial charge in [0.25, 0.3) is 0 Å². The van der Waals surface area contributed by atoms with E-state index >= 15 is 0 Å². The molecule has 2 aromatic heterocycles. The Morgan fingerprint density at radius 3 is 2.89 bits per heavy atom. The van der Waals surface area contributed by atoms with Crippen molar-refractivity contribution >= 4 is 5.97 Å². The number of rotatable bonds is 4. The lowest BCUT2D eigenvalue weighted by molar-refractivity contribution is 0.0513. The number of nitrogens with zero attached hydrogens (tertiary/aromatic N) is 3. The molecule has 0 spiro atoms. The van der Waals surface area contributed by atoms with Crippen molar-refractivity contribution in [2.45, 2.75) is 20.4 Å². The molecule has 5 heteroatoms. The van der Waals surface area contributed by atoms with Crippen LogP contribution in [0.1, 0.15) is 28.5 Å². The second-order valence-electron chi connectivity index (χ2n) is 4.22. The number of hydrogen-bond donors (Lipinski definition) is 0. The van der Waals surface area contributed by atoms with Gasteiger partial charge in [-0.1, -0.05) is 0 Å². The molecule has 0 bridgehead atoms. The lowest BCUT2D eigenvalue weighted by Gasteiger charge is -2.08. The van der Waals surface area contributed by atoms with Gasteiger partial charge in [-0.05, 0) is 25.5 Å². The number of carbonyl (C=O) groups excluding carboxylic acids is 1. The highest BCUT2D eigenvalue weighted by Gasteiger charge is 2.16. The van der Waals surface area contributed by atoms with Gasteiger partial charge in [-0.2, -0.15) is 5.10 Å². The molecule has 0 fully saturated rings. The molecule has 18 heavy (non-hydrogen) atoms. The van der Waals surface area contributed by atoms with E-state index in [1.165, 1.54) is 0 Å². The maximum Gasteiger partial charge on any atom is 0.355 e. The number of aromatic nitrogens is 3. The molecule has 0 saturated carbocycles. The van der Waals surface area contributed by atoms with Crippen molar-refractivity contribution in [3.63, 3.8) is 0 Å². The molecule has 0 aromatic carbocycles. The minimum atomic E-state index is -0.274. The van der Waals surface area contributed by atoms with Crippen molar-refractivity contribution < 1.29 is 9.53 Å². The molecule has 0 radical (unpaired) electrons. The van der Waals surface area contributed by atoms with Crippen LogP contribution < -0.4 is 0 Å². The van der Waals surface area contributed by atoms with Crippen LogP contribution in [0.3, 0.4) is 0 Å². The number of carbonyl (C=O) groups is 1. The Hall–Kier alpha value is -2.04. The molecular formula is C13H17N3O2. The maximum absolute atomic E-state index is 11.9. The summed E-state index contributed by atoms with van der Waals surface area (Å²) < 4.78 is 8.71. The van der Waals surface area contributed by atoms with E-state index in [9.17, 15) is 4.79 Å². The zero-order chi connectivity index (χ0) is 13.1. The van der Waals surface area contributed by atoms with Crippen LogP contribution in [0.5, 0.6) is 0 Å². The molecule has 0 amide bonds. The standard InChI is InChI=1S/C13H17N3O2/c1-4-18-13(17)12-10(2)5-6-16(12)9-11-7-14-15(3)8-11/h5-8H,4,9H2,1-3H3. The Kier molecular flexibility index (Phi) is 3.50. The fraction of sp³-hybridized carbons (Fsp3) is 0.385. The Morgan fingerprint density at radius 2 is 2.28 bits per heavy atom. The lowest BCUT2D eigenvalue weighted by Crippen LogP contribution is -2.13. The smallest absolute Gasteiger partial charge is 0.355 e. The van der Waals surface area contributed by atoms with E-state index < -0.39 is 0 Å². The van der Waals surface area contributed by atoms with Crippen LogP contribution in [0.4, 0.5) is 0 Å². The number of hydrogen-bond acceptors (Lipinski definition) is 3. The first-order chi connectivity index (χ1) is 8.61. The van der Waals surface area contributed by atoms with Gasteiger partial charge in [0.05, 0.1) is 19.3 Å². The minimum absolute atomic E-state index is 0.274. The Morgan fingerprint density at radius 1 is 1.50 bits per heavy atom. The van der Waals surface area contributed by atoms with Gasteiger partial charge in [-0.3, -0.25) is 4.68 Å². The van der Waals surface area contributed by atoms with Gasteiger partial charge < -0.3 is 9.30 Å². The molecule has 0 atom stereocenters. The predicted octanol–water partition coefficient (Wildman–Crippen LogP) is 1.76. The first-order valence-electron chi connectivity index (χ1n) is 5.92. The summed E-state index contributed by atoms with van der Waals surface area (Å²) in [5.41, 5.74) is 2.59. The topological polar surface area (TPSA) is 49.1 Å². The van der Waals surface area contributed by atoms with E-state index in [1.54, 1.807) is 10.9 Å². The summed E-state index contributed by atoms with van der Waals surface area (Å²) in [6.07, 6.45) is 5.63. The van der Waals surface area contributed by atoms with Crippen molar-refractivity contribution in [2.75, 3.05) is 6.61 Å². The molecule has 0 aliphatic heterocycles. The molecule has 0 unspecified atom stereocenters. The average molecular weight is 247 g/mol. The van der Waals surface area contributed by atoms with Crippen LogP contribution in [0.15, 0.2) is 24.7 Å². The Balaban J connectivity index is 2.26. The average Bonchev–Trinajstić information content (AvgIpc) is 2.87. The van der Waals surface area contributed by atoms with Gasteiger partial charge in [0, 0.05) is 25.0 Å². The van der Waals surface area contributed by atoms with Gasteiger partial charge in [-0.25, -0.2) is 4.79 Å². The van der Waals surface area contributed by atoms with Gasteiger partial charge >= 0.3 is 5.97 Å². The number of ether oxygens (including phenoxy) is 1. The molecule has 2 rings (SSSR count). The molecule has 2 heterocycles. The quantitative estimate of drug-likeness (QED) is 0.773. The van der Waals surface area contributed by atoms with Crippen LogP contribution in [-0.4, -0.2) is 26.9 Å². The van der Waals surface area contributed by atoms with E-state index in [1.807, 2.05) is 43.9 Å². The zero-order valence-electron chi connectivity index (χ0n) is 10.9. The maximum atomic E-state index is 11.9. The molecule has 96 valence electrons. The predicted molar refractivity (Wildman–Crippen MR) is 67.4 cm³/mol. The first-order valence-corrected chi connectivity index (χ1v) is 5.92. The minimum Gasteiger partial charge on any atom is -0.461 e. The third-order valence-electron chi connectivity index (χ3n) is 2.75.